The number of anilines is 1. The number of fused-ring (bicyclic) bond motifs is 1. The van der Waals surface area contributed by atoms with Gasteiger partial charge in [0, 0.05) is 25.7 Å². The third-order valence-electron chi connectivity index (χ3n) is 8.51. The SMILES string of the molecule is CC(C)[C@@H]1CC[C@@H](C)C[C@H]1OC(=O)[C@@H](C1CC1)n1c(-c2ccc(N(C)C)cc2)[n+](C)c2ccccc21. The molecule has 2 fully saturated rings. The van der Waals surface area contributed by atoms with Crippen molar-refractivity contribution in [1.29, 1.82) is 0 Å². The summed E-state index contributed by atoms with van der Waals surface area (Å²) in [5.41, 5.74) is 4.50. The Morgan fingerprint density at radius 3 is 2.36 bits per heavy atom. The number of carbonyl (C=O) groups is 1. The molecule has 2 saturated carbocycles. The number of benzene rings is 2. The Hall–Kier alpha value is -2.82. The van der Waals surface area contributed by atoms with Gasteiger partial charge in [-0.1, -0.05) is 39.3 Å². The van der Waals surface area contributed by atoms with E-state index in [4.69, 9.17) is 4.74 Å². The first-order valence-corrected chi connectivity index (χ1v) is 13.7. The fourth-order valence-electron chi connectivity index (χ4n) is 6.25. The van der Waals surface area contributed by atoms with Crippen molar-refractivity contribution in [1.82, 2.24) is 4.57 Å². The van der Waals surface area contributed by atoms with Gasteiger partial charge in [-0.05, 0) is 79.8 Å². The molecule has 0 bridgehead atoms. The molecule has 5 heteroatoms. The molecule has 5 rings (SSSR count). The number of hydrogen-bond donors (Lipinski definition) is 0. The summed E-state index contributed by atoms with van der Waals surface area (Å²) in [6.45, 7) is 6.84. The number of para-hydroxylation sites is 2. The van der Waals surface area contributed by atoms with E-state index in [-0.39, 0.29) is 18.1 Å². The summed E-state index contributed by atoms with van der Waals surface area (Å²) in [6.07, 6.45) is 5.52. The molecule has 2 aliphatic rings. The van der Waals surface area contributed by atoms with Crippen molar-refractivity contribution in [2.75, 3.05) is 19.0 Å². The molecule has 36 heavy (non-hydrogen) atoms. The van der Waals surface area contributed by atoms with E-state index < -0.39 is 0 Å². The summed E-state index contributed by atoms with van der Waals surface area (Å²) < 4.78 is 11.0. The van der Waals surface area contributed by atoms with Crippen molar-refractivity contribution in [3.05, 3.63) is 48.5 Å². The highest BCUT2D eigenvalue weighted by Gasteiger charge is 2.47. The lowest BCUT2D eigenvalue weighted by Gasteiger charge is -2.37. The Kier molecular flexibility index (Phi) is 6.84. The number of nitrogens with zero attached hydrogens (tertiary/aromatic N) is 3. The molecule has 3 aromatic rings. The number of rotatable bonds is 7. The standard InChI is InChI=1S/C31H42N3O2/c1-20(2)25-18-11-21(3)19-28(25)36-31(35)29(22-12-13-22)34-27-10-8-7-9-26(27)33(6)30(34)23-14-16-24(17-15-23)32(4)5/h7-10,14-17,20-22,25,28-29H,11-13,18-19H2,1-6H3/q+1/t21-,25+,28-,29-/m1/s1. The fourth-order valence-corrected chi connectivity index (χ4v) is 6.25. The first kappa shape index (κ1) is 24.9. The van der Waals surface area contributed by atoms with Crippen LogP contribution in [0.5, 0.6) is 0 Å². The molecule has 0 N–H and O–H groups in total. The molecule has 2 aliphatic carbocycles. The number of esters is 1. The van der Waals surface area contributed by atoms with E-state index in [1.807, 2.05) is 0 Å². The zero-order valence-electron chi connectivity index (χ0n) is 22.8. The van der Waals surface area contributed by atoms with E-state index in [2.05, 4.69) is 104 Å². The van der Waals surface area contributed by atoms with Crippen LogP contribution in [0.25, 0.3) is 22.4 Å². The molecule has 192 valence electrons. The summed E-state index contributed by atoms with van der Waals surface area (Å²) in [5.74, 6) is 2.91. The van der Waals surface area contributed by atoms with Gasteiger partial charge in [0.05, 0.1) is 12.6 Å². The average molecular weight is 489 g/mol. The first-order valence-electron chi connectivity index (χ1n) is 13.7. The van der Waals surface area contributed by atoms with Crippen LogP contribution in [0.15, 0.2) is 48.5 Å². The molecular weight excluding hydrogens is 446 g/mol. The van der Waals surface area contributed by atoms with Crippen molar-refractivity contribution in [2.45, 2.75) is 65.0 Å². The van der Waals surface area contributed by atoms with Gasteiger partial charge in [0.1, 0.15) is 6.10 Å². The van der Waals surface area contributed by atoms with Crippen LogP contribution in [0.2, 0.25) is 0 Å². The minimum Gasteiger partial charge on any atom is -0.459 e. The Balaban J connectivity index is 1.58. The van der Waals surface area contributed by atoms with E-state index >= 15 is 0 Å². The number of imidazole rings is 1. The summed E-state index contributed by atoms with van der Waals surface area (Å²) in [4.78, 5) is 16.2. The Morgan fingerprint density at radius 2 is 1.72 bits per heavy atom. The largest absolute Gasteiger partial charge is 0.459 e. The molecule has 0 radical (unpaired) electrons. The highest BCUT2D eigenvalue weighted by molar-refractivity contribution is 5.83. The molecule has 2 aromatic carbocycles. The van der Waals surface area contributed by atoms with Crippen molar-refractivity contribution in [3.8, 4) is 11.4 Å². The normalized spacial score (nSPS) is 23.1. The number of hydrogen-bond acceptors (Lipinski definition) is 3. The smallest absolute Gasteiger partial charge is 0.352 e. The van der Waals surface area contributed by atoms with Crippen LogP contribution in [0.4, 0.5) is 5.69 Å². The Morgan fingerprint density at radius 1 is 1.03 bits per heavy atom. The second-order valence-corrected chi connectivity index (χ2v) is 11.8. The second kappa shape index (κ2) is 9.91. The predicted molar refractivity (Wildman–Crippen MR) is 146 cm³/mol. The highest BCUT2D eigenvalue weighted by atomic mass is 16.5. The quantitative estimate of drug-likeness (QED) is 0.296. The number of aryl methyl sites for hydroxylation is 1. The van der Waals surface area contributed by atoms with Crippen LogP contribution in [-0.2, 0) is 16.6 Å². The Bertz CT molecular complexity index is 1220. The molecule has 0 unspecified atom stereocenters. The average Bonchev–Trinajstić information content (AvgIpc) is 3.64. The summed E-state index contributed by atoms with van der Waals surface area (Å²) in [5, 5.41) is 0. The third-order valence-corrected chi connectivity index (χ3v) is 8.51. The lowest BCUT2D eigenvalue weighted by Crippen LogP contribution is -2.39. The zero-order chi connectivity index (χ0) is 25.6. The van der Waals surface area contributed by atoms with Gasteiger partial charge in [-0.15, -0.1) is 0 Å². The molecule has 0 spiro atoms. The van der Waals surface area contributed by atoms with Crippen LogP contribution in [0.1, 0.15) is 58.9 Å². The van der Waals surface area contributed by atoms with Crippen molar-refractivity contribution >= 4 is 22.7 Å². The minimum atomic E-state index is -0.301. The second-order valence-electron chi connectivity index (χ2n) is 11.8. The maximum Gasteiger partial charge on any atom is 0.352 e. The molecule has 1 heterocycles. The van der Waals surface area contributed by atoms with Crippen LogP contribution in [-0.4, -0.2) is 30.7 Å². The van der Waals surface area contributed by atoms with Gasteiger partial charge in [0.15, 0.2) is 11.0 Å². The monoisotopic (exact) mass is 488 g/mol. The molecule has 0 amide bonds. The number of aromatic nitrogens is 2. The van der Waals surface area contributed by atoms with Gasteiger partial charge >= 0.3 is 5.97 Å². The molecule has 5 nitrogen and oxygen atoms in total. The van der Waals surface area contributed by atoms with Gasteiger partial charge < -0.3 is 9.64 Å². The van der Waals surface area contributed by atoms with E-state index in [1.165, 1.54) is 6.42 Å². The van der Waals surface area contributed by atoms with Crippen LogP contribution >= 0.6 is 0 Å². The molecular formula is C31H42N3O2+. The molecule has 1 aromatic heterocycles. The van der Waals surface area contributed by atoms with E-state index in [0.717, 1.165) is 53.8 Å². The van der Waals surface area contributed by atoms with E-state index in [9.17, 15) is 4.79 Å². The number of ether oxygens (including phenoxy) is 1. The summed E-state index contributed by atoms with van der Waals surface area (Å²) >= 11 is 0. The van der Waals surface area contributed by atoms with Crippen LogP contribution in [0, 0.1) is 23.7 Å². The van der Waals surface area contributed by atoms with Crippen LogP contribution < -0.4 is 9.47 Å². The lowest BCUT2D eigenvalue weighted by molar-refractivity contribution is -0.634. The Labute approximate surface area is 216 Å². The van der Waals surface area contributed by atoms with E-state index in [0.29, 0.717) is 23.7 Å². The summed E-state index contributed by atoms with van der Waals surface area (Å²) in [6, 6.07) is 16.8. The van der Waals surface area contributed by atoms with Gasteiger partial charge in [-0.3, -0.25) is 0 Å². The topological polar surface area (TPSA) is 38.4 Å². The maximum absolute atomic E-state index is 14.1. The van der Waals surface area contributed by atoms with Crippen molar-refractivity contribution in [2.24, 2.45) is 30.7 Å². The highest BCUT2D eigenvalue weighted by Crippen LogP contribution is 2.45. The van der Waals surface area contributed by atoms with Gasteiger partial charge in [0.2, 0.25) is 6.04 Å². The predicted octanol–water partition coefficient (Wildman–Crippen LogP) is 6.15. The van der Waals surface area contributed by atoms with Crippen molar-refractivity contribution < 1.29 is 14.1 Å². The lowest BCUT2D eigenvalue weighted by atomic mass is 9.75. The molecule has 4 atom stereocenters. The maximum atomic E-state index is 14.1. The van der Waals surface area contributed by atoms with Crippen LogP contribution in [0.3, 0.4) is 0 Å². The molecule has 0 aliphatic heterocycles. The van der Waals surface area contributed by atoms with Crippen molar-refractivity contribution in [3.63, 3.8) is 0 Å². The van der Waals surface area contributed by atoms with Gasteiger partial charge in [-0.2, -0.15) is 0 Å². The fraction of sp³-hybridized carbons (Fsp3) is 0.548. The number of carbonyl (C=O) groups excluding carboxylic acids is 1. The molecule has 0 saturated heterocycles. The van der Waals surface area contributed by atoms with E-state index in [1.54, 1.807) is 0 Å². The van der Waals surface area contributed by atoms with Gasteiger partial charge in [0.25, 0.3) is 5.82 Å². The van der Waals surface area contributed by atoms with Gasteiger partial charge in [-0.25, -0.2) is 13.9 Å². The minimum absolute atomic E-state index is 0.0147. The third kappa shape index (κ3) is 4.65. The summed E-state index contributed by atoms with van der Waals surface area (Å²) in [7, 11) is 6.23. The first-order chi connectivity index (χ1) is 17.3. The zero-order valence-corrected chi connectivity index (χ0v) is 22.8.